The minimum absolute atomic E-state index is 0.231. The van der Waals surface area contributed by atoms with E-state index in [9.17, 15) is 18.0 Å². The SMILES string of the molecule is COc1ccc(C2C(C)c3c(ccc4[nH]c(=O)cc(Cl)c34)N2CC(F)(F)F)cc1. The number of hydrogen-bond donors (Lipinski definition) is 1. The molecule has 0 aliphatic carbocycles. The van der Waals surface area contributed by atoms with Gasteiger partial charge in [0.2, 0.25) is 5.56 Å². The summed E-state index contributed by atoms with van der Waals surface area (Å²) in [5.41, 5.74) is 2.07. The number of rotatable bonds is 3. The molecule has 8 heteroatoms. The van der Waals surface area contributed by atoms with Crippen LogP contribution >= 0.6 is 11.6 Å². The number of aromatic nitrogens is 1. The van der Waals surface area contributed by atoms with Crippen LogP contribution in [0.4, 0.5) is 18.9 Å². The maximum absolute atomic E-state index is 13.4. The zero-order valence-corrected chi connectivity index (χ0v) is 16.4. The Morgan fingerprint density at radius 1 is 1.17 bits per heavy atom. The van der Waals surface area contributed by atoms with E-state index in [0.717, 1.165) is 5.56 Å². The lowest BCUT2D eigenvalue weighted by atomic mass is 9.89. The van der Waals surface area contributed by atoms with Crippen LogP contribution in [-0.2, 0) is 0 Å². The number of benzene rings is 2. The van der Waals surface area contributed by atoms with E-state index in [1.54, 1.807) is 36.4 Å². The van der Waals surface area contributed by atoms with Crippen LogP contribution in [0.3, 0.4) is 0 Å². The van der Waals surface area contributed by atoms with Gasteiger partial charge in [-0.25, -0.2) is 0 Å². The molecule has 152 valence electrons. The number of pyridine rings is 1. The number of methoxy groups -OCH3 is 1. The van der Waals surface area contributed by atoms with Crippen LogP contribution < -0.4 is 15.2 Å². The Bertz CT molecular complexity index is 1130. The first-order valence-corrected chi connectivity index (χ1v) is 9.40. The second-order valence-electron chi connectivity index (χ2n) is 7.15. The van der Waals surface area contributed by atoms with Gasteiger partial charge in [-0.3, -0.25) is 4.79 Å². The fourth-order valence-corrected chi connectivity index (χ4v) is 4.56. The van der Waals surface area contributed by atoms with Crippen molar-refractivity contribution in [1.29, 1.82) is 0 Å². The Morgan fingerprint density at radius 2 is 1.86 bits per heavy atom. The summed E-state index contributed by atoms with van der Waals surface area (Å²) < 4.78 is 45.5. The number of ether oxygens (including phenoxy) is 1. The summed E-state index contributed by atoms with van der Waals surface area (Å²) in [6, 6.07) is 11.0. The Morgan fingerprint density at radius 3 is 2.48 bits per heavy atom. The number of anilines is 1. The maximum atomic E-state index is 13.4. The highest BCUT2D eigenvalue weighted by atomic mass is 35.5. The van der Waals surface area contributed by atoms with Gasteiger partial charge in [0, 0.05) is 23.1 Å². The maximum Gasteiger partial charge on any atom is 0.405 e. The van der Waals surface area contributed by atoms with E-state index in [-0.39, 0.29) is 16.5 Å². The van der Waals surface area contributed by atoms with Gasteiger partial charge in [0.1, 0.15) is 12.3 Å². The third-order valence-electron chi connectivity index (χ3n) is 5.36. The van der Waals surface area contributed by atoms with E-state index < -0.39 is 18.8 Å². The second kappa shape index (κ2) is 6.99. The largest absolute Gasteiger partial charge is 0.497 e. The third kappa shape index (κ3) is 3.44. The van der Waals surface area contributed by atoms with Gasteiger partial charge in [0.15, 0.2) is 0 Å². The van der Waals surface area contributed by atoms with Crippen LogP contribution in [0.15, 0.2) is 47.3 Å². The van der Waals surface area contributed by atoms with Gasteiger partial charge in [-0.05, 0) is 35.4 Å². The number of H-pyrrole nitrogens is 1. The molecule has 0 bridgehead atoms. The highest BCUT2D eigenvalue weighted by molar-refractivity contribution is 6.35. The van der Waals surface area contributed by atoms with Crippen LogP contribution in [-0.4, -0.2) is 24.8 Å². The second-order valence-corrected chi connectivity index (χ2v) is 7.56. The molecule has 0 fully saturated rings. The summed E-state index contributed by atoms with van der Waals surface area (Å²) in [6.45, 7) is 0.790. The summed E-state index contributed by atoms with van der Waals surface area (Å²) in [4.78, 5) is 15.9. The lowest BCUT2D eigenvalue weighted by Crippen LogP contribution is -2.35. The molecule has 0 amide bonds. The zero-order chi connectivity index (χ0) is 20.9. The summed E-state index contributed by atoms with van der Waals surface area (Å²) >= 11 is 6.35. The van der Waals surface area contributed by atoms with Crippen molar-refractivity contribution in [3.63, 3.8) is 0 Å². The number of nitrogens with zero attached hydrogens (tertiary/aromatic N) is 1. The third-order valence-corrected chi connectivity index (χ3v) is 5.66. The fraction of sp³-hybridized carbons (Fsp3) is 0.286. The van der Waals surface area contributed by atoms with Crippen molar-refractivity contribution in [2.45, 2.75) is 25.1 Å². The first kappa shape index (κ1) is 19.6. The Kier molecular flexibility index (Phi) is 4.73. The highest BCUT2D eigenvalue weighted by Crippen LogP contribution is 2.52. The summed E-state index contributed by atoms with van der Waals surface area (Å²) in [5.74, 6) is 0.346. The quantitative estimate of drug-likeness (QED) is 0.613. The van der Waals surface area contributed by atoms with Crippen LogP contribution in [0.5, 0.6) is 5.75 Å². The fourth-order valence-electron chi connectivity index (χ4n) is 4.26. The number of hydrogen-bond acceptors (Lipinski definition) is 3. The van der Waals surface area contributed by atoms with Crippen LogP contribution in [0.1, 0.15) is 30.0 Å². The van der Waals surface area contributed by atoms with E-state index in [2.05, 4.69) is 4.98 Å². The molecule has 2 unspecified atom stereocenters. The molecule has 2 heterocycles. The zero-order valence-electron chi connectivity index (χ0n) is 15.7. The standard InChI is InChI=1S/C21H18ClF3N2O2/c1-11-18-16(8-7-15-19(18)14(22)9-17(28)26-15)27(10-21(23,24)25)20(11)12-3-5-13(29-2)6-4-12/h3-9,11,20H,10H2,1-2H3,(H,26,28). The molecule has 0 spiro atoms. The van der Waals surface area contributed by atoms with Gasteiger partial charge in [-0.1, -0.05) is 30.7 Å². The van der Waals surface area contributed by atoms with Crippen LogP contribution in [0.2, 0.25) is 5.02 Å². The Balaban J connectivity index is 1.93. The van der Waals surface area contributed by atoms with E-state index in [1.807, 2.05) is 6.92 Å². The number of nitrogens with one attached hydrogen (secondary N) is 1. The van der Waals surface area contributed by atoms with Crippen LogP contribution in [0, 0.1) is 0 Å². The van der Waals surface area contributed by atoms with Crippen molar-refractivity contribution in [3.8, 4) is 5.75 Å². The molecule has 0 radical (unpaired) electrons. The first-order valence-electron chi connectivity index (χ1n) is 9.02. The molecular formula is C21H18ClF3N2O2. The predicted octanol–water partition coefficient (Wildman–Crippen LogP) is 5.42. The Labute approximate surface area is 169 Å². The molecule has 3 aromatic rings. The van der Waals surface area contributed by atoms with Crippen molar-refractivity contribution in [2.24, 2.45) is 0 Å². The molecule has 1 aliphatic heterocycles. The molecule has 4 rings (SSSR count). The van der Waals surface area contributed by atoms with Crippen molar-refractivity contribution in [1.82, 2.24) is 4.98 Å². The minimum atomic E-state index is -4.38. The molecule has 1 aromatic heterocycles. The molecule has 0 saturated carbocycles. The summed E-state index contributed by atoms with van der Waals surface area (Å²) in [6.07, 6.45) is -4.38. The molecule has 0 saturated heterocycles. The summed E-state index contributed by atoms with van der Waals surface area (Å²) in [7, 11) is 1.54. The molecule has 4 nitrogen and oxygen atoms in total. The number of fused-ring (bicyclic) bond motifs is 3. The van der Waals surface area contributed by atoms with E-state index >= 15 is 0 Å². The highest BCUT2D eigenvalue weighted by Gasteiger charge is 2.43. The van der Waals surface area contributed by atoms with E-state index in [1.165, 1.54) is 18.1 Å². The van der Waals surface area contributed by atoms with Crippen molar-refractivity contribution in [2.75, 3.05) is 18.6 Å². The topological polar surface area (TPSA) is 45.3 Å². The number of alkyl halides is 3. The van der Waals surface area contributed by atoms with Gasteiger partial charge in [0.05, 0.1) is 23.7 Å². The molecular weight excluding hydrogens is 405 g/mol. The van der Waals surface area contributed by atoms with Gasteiger partial charge in [0.25, 0.3) is 0 Å². The van der Waals surface area contributed by atoms with Crippen LogP contribution in [0.25, 0.3) is 10.9 Å². The van der Waals surface area contributed by atoms with Crippen molar-refractivity contribution >= 4 is 28.2 Å². The average Bonchev–Trinajstić information content (AvgIpc) is 2.91. The normalized spacial score (nSPS) is 18.9. The lowest BCUT2D eigenvalue weighted by Gasteiger charge is -2.30. The van der Waals surface area contributed by atoms with Gasteiger partial charge in [-0.2, -0.15) is 13.2 Å². The lowest BCUT2D eigenvalue weighted by molar-refractivity contribution is -0.120. The number of aromatic amines is 1. The monoisotopic (exact) mass is 422 g/mol. The molecule has 29 heavy (non-hydrogen) atoms. The van der Waals surface area contributed by atoms with Crippen molar-refractivity contribution in [3.05, 3.63) is 69.0 Å². The van der Waals surface area contributed by atoms with Gasteiger partial charge in [-0.15, -0.1) is 0 Å². The average molecular weight is 423 g/mol. The minimum Gasteiger partial charge on any atom is -0.497 e. The smallest absolute Gasteiger partial charge is 0.405 e. The summed E-state index contributed by atoms with van der Waals surface area (Å²) in [5, 5.41) is 0.814. The molecule has 2 atom stereocenters. The predicted molar refractivity (Wildman–Crippen MR) is 107 cm³/mol. The van der Waals surface area contributed by atoms with Crippen molar-refractivity contribution < 1.29 is 17.9 Å². The molecule has 1 N–H and O–H groups in total. The molecule has 1 aliphatic rings. The molecule has 2 aromatic carbocycles. The number of halogens is 4. The van der Waals surface area contributed by atoms with E-state index in [4.69, 9.17) is 16.3 Å². The van der Waals surface area contributed by atoms with Gasteiger partial charge >= 0.3 is 6.18 Å². The van der Waals surface area contributed by atoms with Gasteiger partial charge < -0.3 is 14.6 Å². The Hall–Kier alpha value is -2.67. The van der Waals surface area contributed by atoms with E-state index in [0.29, 0.717) is 27.9 Å². The first-order chi connectivity index (χ1) is 13.7.